The predicted molar refractivity (Wildman–Crippen MR) is 138 cm³/mol. The van der Waals surface area contributed by atoms with Gasteiger partial charge in [0.2, 0.25) is 0 Å². The minimum absolute atomic E-state index is 0.281. The number of nitrogens with zero attached hydrogens (tertiary/aromatic N) is 5. The zero-order chi connectivity index (χ0) is 24.2. The van der Waals surface area contributed by atoms with E-state index in [1.807, 2.05) is 4.57 Å². The molecule has 5 rings (SSSR count). The van der Waals surface area contributed by atoms with Crippen LogP contribution in [0.2, 0.25) is 0 Å². The molecule has 0 saturated carbocycles. The molecule has 1 fully saturated rings. The van der Waals surface area contributed by atoms with Crippen LogP contribution in [0.5, 0.6) is 0 Å². The van der Waals surface area contributed by atoms with Crippen molar-refractivity contribution >= 4 is 11.2 Å². The van der Waals surface area contributed by atoms with E-state index in [-0.39, 0.29) is 11.6 Å². The van der Waals surface area contributed by atoms with Gasteiger partial charge in [0, 0.05) is 39.8 Å². The van der Waals surface area contributed by atoms with Gasteiger partial charge in [0.05, 0.1) is 12.4 Å². The first-order valence-electron chi connectivity index (χ1n) is 12.3. The lowest BCUT2D eigenvalue weighted by Crippen LogP contribution is -2.48. The van der Waals surface area contributed by atoms with E-state index in [2.05, 4.69) is 80.4 Å². The Morgan fingerprint density at radius 1 is 0.857 bits per heavy atom. The molecular formula is C27H32N6O2. The number of hydrogen-bond acceptors (Lipinski definition) is 5. The maximum absolute atomic E-state index is 12.3. The fourth-order valence-corrected chi connectivity index (χ4v) is 5.10. The van der Waals surface area contributed by atoms with E-state index >= 15 is 0 Å². The van der Waals surface area contributed by atoms with Gasteiger partial charge in [-0.25, -0.2) is 9.78 Å². The summed E-state index contributed by atoms with van der Waals surface area (Å²) in [5.74, 6) is 0. The van der Waals surface area contributed by atoms with Crippen LogP contribution in [0, 0.1) is 0 Å². The van der Waals surface area contributed by atoms with Crippen LogP contribution in [0.25, 0.3) is 11.2 Å². The number of nitrogens with one attached hydrogen (secondary N) is 1. The molecule has 35 heavy (non-hydrogen) atoms. The topological polar surface area (TPSA) is 79.2 Å². The zero-order valence-corrected chi connectivity index (χ0v) is 20.1. The van der Waals surface area contributed by atoms with Crippen LogP contribution in [-0.2, 0) is 13.6 Å². The summed E-state index contributed by atoms with van der Waals surface area (Å²) < 4.78 is 3.24. The van der Waals surface area contributed by atoms with Gasteiger partial charge in [-0.1, -0.05) is 60.7 Å². The van der Waals surface area contributed by atoms with Crippen molar-refractivity contribution in [1.82, 2.24) is 28.9 Å². The summed E-state index contributed by atoms with van der Waals surface area (Å²) in [5, 5.41) is 0. The number of aryl methyl sites for hydroxylation is 2. The minimum Gasteiger partial charge on any atom is -0.325 e. The van der Waals surface area contributed by atoms with Crippen molar-refractivity contribution < 1.29 is 0 Å². The second-order valence-electron chi connectivity index (χ2n) is 9.24. The van der Waals surface area contributed by atoms with E-state index in [1.165, 1.54) is 15.7 Å². The number of piperazine rings is 1. The molecule has 182 valence electrons. The molecule has 1 aliphatic rings. The molecule has 8 heteroatoms. The van der Waals surface area contributed by atoms with Crippen LogP contribution in [0.4, 0.5) is 0 Å². The molecule has 2 aromatic carbocycles. The van der Waals surface area contributed by atoms with Crippen LogP contribution in [0.1, 0.15) is 30.0 Å². The van der Waals surface area contributed by atoms with Gasteiger partial charge < -0.3 is 9.47 Å². The SMILES string of the molecule is Cn1c(=O)[nH]c(=O)c2c1ncn2CCCCN1CCN(C(c2ccccc2)c2ccccc2)CC1. The van der Waals surface area contributed by atoms with Crippen LogP contribution in [0.15, 0.2) is 76.6 Å². The number of imidazole rings is 1. The molecule has 0 radical (unpaired) electrons. The van der Waals surface area contributed by atoms with Gasteiger partial charge >= 0.3 is 5.69 Å². The Kier molecular flexibility index (Phi) is 6.92. The molecule has 3 heterocycles. The highest BCUT2D eigenvalue weighted by atomic mass is 16.2. The highest BCUT2D eigenvalue weighted by molar-refractivity contribution is 5.69. The lowest BCUT2D eigenvalue weighted by Gasteiger charge is -2.39. The molecule has 0 amide bonds. The third kappa shape index (κ3) is 4.99. The van der Waals surface area contributed by atoms with Gasteiger partial charge in [0.1, 0.15) is 0 Å². The third-order valence-electron chi connectivity index (χ3n) is 7.00. The number of fused-ring (bicyclic) bond motifs is 1. The number of aromatic nitrogens is 4. The number of H-pyrrole nitrogens is 1. The molecule has 1 saturated heterocycles. The number of aromatic amines is 1. The monoisotopic (exact) mass is 472 g/mol. The number of hydrogen-bond donors (Lipinski definition) is 1. The van der Waals surface area contributed by atoms with Gasteiger partial charge in [0.15, 0.2) is 11.2 Å². The molecular weight excluding hydrogens is 440 g/mol. The number of benzene rings is 2. The molecule has 1 N–H and O–H groups in total. The Labute approximate surface area is 204 Å². The Hall–Kier alpha value is -3.49. The molecule has 0 unspecified atom stereocenters. The van der Waals surface area contributed by atoms with Crippen LogP contribution in [0.3, 0.4) is 0 Å². The highest BCUT2D eigenvalue weighted by Crippen LogP contribution is 2.29. The first-order valence-corrected chi connectivity index (χ1v) is 12.3. The largest absolute Gasteiger partial charge is 0.329 e. The van der Waals surface area contributed by atoms with Gasteiger partial charge in [-0.05, 0) is 30.5 Å². The summed E-state index contributed by atoms with van der Waals surface area (Å²) in [7, 11) is 1.62. The quantitative estimate of drug-likeness (QED) is 0.399. The van der Waals surface area contributed by atoms with E-state index in [0.717, 1.165) is 45.6 Å². The van der Waals surface area contributed by atoms with Gasteiger partial charge in [-0.2, -0.15) is 0 Å². The maximum Gasteiger partial charge on any atom is 0.329 e. The molecule has 0 atom stereocenters. The second kappa shape index (κ2) is 10.4. The van der Waals surface area contributed by atoms with Crippen LogP contribution < -0.4 is 11.2 Å². The highest BCUT2D eigenvalue weighted by Gasteiger charge is 2.26. The Balaban J connectivity index is 1.16. The lowest BCUT2D eigenvalue weighted by molar-refractivity contribution is 0.108. The minimum atomic E-state index is -0.436. The van der Waals surface area contributed by atoms with Crippen molar-refractivity contribution in [2.45, 2.75) is 25.4 Å². The summed E-state index contributed by atoms with van der Waals surface area (Å²) in [6.45, 7) is 5.91. The van der Waals surface area contributed by atoms with Crippen molar-refractivity contribution in [2.75, 3.05) is 32.7 Å². The molecule has 2 aromatic heterocycles. The van der Waals surface area contributed by atoms with E-state index in [1.54, 1.807) is 13.4 Å². The summed E-state index contributed by atoms with van der Waals surface area (Å²) >= 11 is 0. The summed E-state index contributed by atoms with van der Waals surface area (Å²) in [4.78, 5) is 35.8. The summed E-state index contributed by atoms with van der Waals surface area (Å²) in [6, 6.07) is 21.8. The molecule has 8 nitrogen and oxygen atoms in total. The standard InChI is InChI=1S/C27H32N6O2/c1-30-25-24(26(34)29-27(30)35)33(20-28-25)15-9-8-14-31-16-18-32(19-17-31)23(21-10-4-2-5-11-21)22-12-6-3-7-13-22/h2-7,10-13,20,23H,8-9,14-19H2,1H3,(H,29,34,35). The second-order valence-corrected chi connectivity index (χ2v) is 9.24. The molecule has 0 spiro atoms. The van der Waals surface area contributed by atoms with Crippen molar-refractivity contribution in [1.29, 1.82) is 0 Å². The van der Waals surface area contributed by atoms with Crippen molar-refractivity contribution in [2.24, 2.45) is 7.05 Å². The Morgan fingerprint density at radius 3 is 2.09 bits per heavy atom. The average molecular weight is 473 g/mol. The fraction of sp³-hybridized carbons (Fsp3) is 0.370. The van der Waals surface area contributed by atoms with Crippen molar-refractivity contribution in [3.05, 3.63) is 99.0 Å². The zero-order valence-electron chi connectivity index (χ0n) is 20.1. The summed E-state index contributed by atoms with van der Waals surface area (Å²) in [6.07, 6.45) is 3.65. The Bertz CT molecular complexity index is 1330. The van der Waals surface area contributed by atoms with Crippen molar-refractivity contribution in [3.8, 4) is 0 Å². The van der Waals surface area contributed by atoms with Crippen LogP contribution in [-0.4, -0.2) is 61.6 Å². The Morgan fingerprint density at radius 2 is 1.46 bits per heavy atom. The van der Waals surface area contributed by atoms with Gasteiger partial charge in [0.25, 0.3) is 5.56 Å². The third-order valence-corrected chi connectivity index (χ3v) is 7.00. The van der Waals surface area contributed by atoms with Gasteiger partial charge in [-0.3, -0.25) is 19.2 Å². The molecule has 0 aliphatic carbocycles. The fourth-order valence-electron chi connectivity index (χ4n) is 5.10. The predicted octanol–water partition coefficient (Wildman–Crippen LogP) is 2.61. The normalized spacial score (nSPS) is 15.3. The molecule has 4 aromatic rings. The van der Waals surface area contributed by atoms with Crippen molar-refractivity contribution in [3.63, 3.8) is 0 Å². The van der Waals surface area contributed by atoms with Gasteiger partial charge in [-0.15, -0.1) is 0 Å². The maximum atomic E-state index is 12.3. The average Bonchev–Trinajstić information content (AvgIpc) is 3.32. The number of rotatable bonds is 8. The molecule has 1 aliphatic heterocycles. The van der Waals surface area contributed by atoms with E-state index in [4.69, 9.17) is 0 Å². The smallest absolute Gasteiger partial charge is 0.325 e. The summed E-state index contributed by atoms with van der Waals surface area (Å²) in [5.41, 5.74) is 2.77. The van der Waals surface area contributed by atoms with E-state index < -0.39 is 5.69 Å². The number of unbranched alkanes of at least 4 members (excludes halogenated alkanes) is 1. The molecule has 0 bridgehead atoms. The van der Waals surface area contributed by atoms with E-state index in [9.17, 15) is 9.59 Å². The first kappa shape index (κ1) is 23.3. The first-order chi connectivity index (χ1) is 17.1. The van der Waals surface area contributed by atoms with E-state index in [0.29, 0.717) is 17.7 Å². The lowest BCUT2D eigenvalue weighted by atomic mass is 9.96. The van der Waals surface area contributed by atoms with Crippen LogP contribution >= 0.6 is 0 Å².